The molecule has 4 nitrogen and oxygen atoms in total. The molecule has 2 rings (SSSR count). The molecule has 0 aromatic rings. The molecule has 2 aliphatic rings. The molecule has 0 amide bonds. The van der Waals surface area contributed by atoms with Gasteiger partial charge in [0.1, 0.15) is 6.04 Å². The second-order valence-electron chi connectivity index (χ2n) is 5.53. The van der Waals surface area contributed by atoms with E-state index in [9.17, 15) is 4.79 Å². The summed E-state index contributed by atoms with van der Waals surface area (Å²) in [6.45, 7) is 8.32. The van der Waals surface area contributed by atoms with E-state index in [0.29, 0.717) is 6.61 Å². The Bertz CT molecular complexity index is 271. The van der Waals surface area contributed by atoms with Gasteiger partial charge in [-0.05, 0) is 38.1 Å². The van der Waals surface area contributed by atoms with E-state index < -0.39 is 0 Å². The minimum absolute atomic E-state index is 0.101. The highest BCUT2D eigenvalue weighted by Crippen LogP contribution is 2.37. The number of nitrogens with one attached hydrogen (secondary N) is 1. The summed E-state index contributed by atoms with van der Waals surface area (Å²) >= 11 is 0. The first-order valence-corrected chi connectivity index (χ1v) is 7.37. The fourth-order valence-electron chi connectivity index (χ4n) is 3.45. The molecule has 2 fully saturated rings. The van der Waals surface area contributed by atoms with Crippen LogP contribution < -0.4 is 5.32 Å². The van der Waals surface area contributed by atoms with Gasteiger partial charge in [-0.15, -0.1) is 0 Å². The summed E-state index contributed by atoms with van der Waals surface area (Å²) in [5, 5.41) is 3.24. The number of hydrogen-bond donors (Lipinski definition) is 1. The first kappa shape index (κ1) is 13.8. The van der Waals surface area contributed by atoms with E-state index in [2.05, 4.69) is 10.2 Å². The number of nitrogens with zero attached hydrogens (tertiary/aromatic N) is 1. The van der Waals surface area contributed by atoms with Gasteiger partial charge in [0.15, 0.2) is 0 Å². The summed E-state index contributed by atoms with van der Waals surface area (Å²) in [6, 6.07) is -0.159. The minimum Gasteiger partial charge on any atom is -0.465 e. The van der Waals surface area contributed by atoms with E-state index in [0.717, 1.165) is 24.9 Å². The normalized spacial score (nSPS) is 29.2. The van der Waals surface area contributed by atoms with Crippen LogP contribution in [0.5, 0.6) is 0 Å². The second-order valence-corrected chi connectivity index (χ2v) is 5.53. The van der Waals surface area contributed by atoms with Gasteiger partial charge in [-0.2, -0.15) is 0 Å². The highest BCUT2D eigenvalue weighted by atomic mass is 16.5. The summed E-state index contributed by atoms with van der Waals surface area (Å²) < 4.78 is 5.13. The van der Waals surface area contributed by atoms with Crippen LogP contribution >= 0.6 is 0 Å². The lowest BCUT2D eigenvalue weighted by molar-refractivity contribution is -0.146. The Balaban J connectivity index is 1.83. The molecular weight excluding hydrogens is 228 g/mol. The SMILES string of the molecule is CCNC(CN1CC2CCCC2C1)C(=O)OCC. The standard InChI is InChI=1S/C14H26N2O2/c1-3-15-13(14(17)18-4-2)10-16-8-11-6-5-7-12(11)9-16/h11-13,15H,3-10H2,1-2H3. The van der Waals surface area contributed by atoms with Crippen molar-refractivity contribution in [3.8, 4) is 0 Å². The summed E-state index contributed by atoms with van der Waals surface area (Å²) in [6.07, 6.45) is 4.16. The van der Waals surface area contributed by atoms with Gasteiger partial charge in [-0.1, -0.05) is 13.3 Å². The largest absolute Gasteiger partial charge is 0.465 e. The predicted octanol–water partition coefficient (Wildman–Crippen LogP) is 1.26. The van der Waals surface area contributed by atoms with Gasteiger partial charge in [0.25, 0.3) is 0 Å². The van der Waals surface area contributed by atoms with Crippen LogP contribution in [0.2, 0.25) is 0 Å². The van der Waals surface area contributed by atoms with Crippen LogP contribution in [0, 0.1) is 11.8 Å². The Hall–Kier alpha value is -0.610. The van der Waals surface area contributed by atoms with Gasteiger partial charge < -0.3 is 15.0 Å². The zero-order chi connectivity index (χ0) is 13.0. The van der Waals surface area contributed by atoms with Gasteiger partial charge in [0.05, 0.1) is 6.61 Å². The number of carbonyl (C=O) groups excluding carboxylic acids is 1. The molecule has 4 heteroatoms. The third-order valence-electron chi connectivity index (χ3n) is 4.26. The van der Waals surface area contributed by atoms with Crippen molar-refractivity contribution in [2.24, 2.45) is 11.8 Å². The molecule has 0 aromatic heterocycles. The van der Waals surface area contributed by atoms with E-state index in [1.54, 1.807) is 0 Å². The third kappa shape index (κ3) is 3.23. The molecule has 104 valence electrons. The number of likely N-dealkylation sites (N-methyl/N-ethyl adjacent to an activating group) is 1. The minimum atomic E-state index is -0.159. The number of esters is 1. The second kappa shape index (κ2) is 6.53. The summed E-state index contributed by atoms with van der Waals surface area (Å²) in [5.41, 5.74) is 0. The van der Waals surface area contributed by atoms with Crippen molar-refractivity contribution < 1.29 is 9.53 Å². The molecule has 3 unspecified atom stereocenters. The predicted molar refractivity (Wildman–Crippen MR) is 71.4 cm³/mol. The smallest absolute Gasteiger partial charge is 0.324 e. The third-order valence-corrected chi connectivity index (χ3v) is 4.26. The summed E-state index contributed by atoms with van der Waals surface area (Å²) in [7, 11) is 0. The molecule has 1 heterocycles. The first-order chi connectivity index (χ1) is 8.74. The average molecular weight is 254 g/mol. The first-order valence-electron chi connectivity index (χ1n) is 7.37. The molecule has 3 atom stereocenters. The van der Waals surface area contributed by atoms with Crippen LogP contribution in [0.25, 0.3) is 0 Å². The van der Waals surface area contributed by atoms with Gasteiger partial charge in [0, 0.05) is 19.6 Å². The molecule has 0 radical (unpaired) electrons. The van der Waals surface area contributed by atoms with Crippen molar-refractivity contribution in [2.45, 2.75) is 39.2 Å². The van der Waals surface area contributed by atoms with Crippen molar-refractivity contribution in [1.82, 2.24) is 10.2 Å². The van der Waals surface area contributed by atoms with Crippen molar-refractivity contribution in [1.29, 1.82) is 0 Å². The summed E-state index contributed by atoms with van der Waals surface area (Å²) in [5.74, 6) is 1.67. The van der Waals surface area contributed by atoms with Crippen LogP contribution in [0.3, 0.4) is 0 Å². The molecule has 1 aliphatic heterocycles. The highest BCUT2D eigenvalue weighted by molar-refractivity contribution is 5.76. The van der Waals surface area contributed by atoms with Crippen LogP contribution in [0.1, 0.15) is 33.1 Å². The Morgan fingerprint density at radius 2 is 2.00 bits per heavy atom. The fraction of sp³-hybridized carbons (Fsp3) is 0.929. The number of hydrogen-bond acceptors (Lipinski definition) is 4. The molecule has 1 aliphatic carbocycles. The lowest BCUT2D eigenvalue weighted by Crippen LogP contribution is -2.46. The van der Waals surface area contributed by atoms with Crippen molar-refractivity contribution >= 4 is 5.97 Å². The number of rotatable bonds is 6. The average Bonchev–Trinajstić information content (AvgIpc) is 2.89. The monoisotopic (exact) mass is 254 g/mol. The number of fused-ring (bicyclic) bond motifs is 1. The van der Waals surface area contributed by atoms with E-state index in [1.807, 2.05) is 13.8 Å². The highest BCUT2D eigenvalue weighted by Gasteiger charge is 2.37. The van der Waals surface area contributed by atoms with Crippen LogP contribution in [-0.4, -0.2) is 49.7 Å². The number of ether oxygens (including phenoxy) is 1. The lowest BCUT2D eigenvalue weighted by Gasteiger charge is -2.23. The van der Waals surface area contributed by atoms with Crippen molar-refractivity contribution in [3.05, 3.63) is 0 Å². The van der Waals surface area contributed by atoms with Crippen LogP contribution in [0.15, 0.2) is 0 Å². The zero-order valence-electron chi connectivity index (χ0n) is 11.7. The molecule has 1 saturated heterocycles. The molecule has 1 saturated carbocycles. The van der Waals surface area contributed by atoms with Crippen molar-refractivity contribution in [3.63, 3.8) is 0 Å². The molecule has 0 bridgehead atoms. The Morgan fingerprint density at radius 3 is 2.56 bits per heavy atom. The zero-order valence-corrected chi connectivity index (χ0v) is 11.7. The van der Waals surface area contributed by atoms with Gasteiger partial charge in [-0.25, -0.2) is 0 Å². The molecule has 18 heavy (non-hydrogen) atoms. The Morgan fingerprint density at radius 1 is 1.33 bits per heavy atom. The van der Waals surface area contributed by atoms with Crippen LogP contribution in [0.4, 0.5) is 0 Å². The Labute approximate surface area is 110 Å². The van der Waals surface area contributed by atoms with Crippen molar-refractivity contribution in [2.75, 3.05) is 32.8 Å². The lowest BCUT2D eigenvalue weighted by atomic mass is 10.0. The maximum absolute atomic E-state index is 11.9. The van der Waals surface area contributed by atoms with E-state index in [1.165, 1.54) is 32.4 Å². The van der Waals surface area contributed by atoms with Crippen LogP contribution in [-0.2, 0) is 9.53 Å². The molecule has 1 N–H and O–H groups in total. The van der Waals surface area contributed by atoms with Gasteiger partial charge >= 0.3 is 5.97 Å². The van der Waals surface area contributed by atoms with Gasteiger partial charge in [0.2, 0.25) is 0 Å². The number of carbonyl (C=O) groups is 1. The maximum Gasteiger partial charge on any atom is 0.324 e. The molecular formula is C14H26N2O2. The molecule has 0 aromatic carbocycles. The maximum atomic E-state index is 11.9. The topological polar surface area (TPSA) is 41.6 Å². The quantitative estimate of drug-likeness (QED) is 0.725. The summed E-state index contributed by atoms with van der Waals surface area (Å²) in [4.78, 5) is 14.3. The molecule has 0 spiro atoms. The van der Waals surface area contributed by atoms with E-state index >= 15 is 0 Å². The van der Waals surface area contributed by atoms with E-state index in [-0.39, 0.29) is 12.0 Å². The Kier molecular flexibility index (Phi) is 5.01. The fourth-order valence-corrected chi connectivity index (χ4v) is 3.45. The van der Waals surface area contributed by atoms with E-state index in [4.69, 9.17) is 4.74 Å². The van der Waals surface area contributed by atoms with Gasteiger partial charge in [-0.3, -0.25) is 4.79 Å². The number of likely N-dealkylation sites (tertiary alicyclic amines) is 1.